The lowest BCUT2D eigenvalue weighted by Gasteiger charge is -2.35. The van der Waals surface area contributed by atoms with Gasteiger partial charge in [0.25, 0.3) is 11.8 Å². The third-order valence-electron chi connectivity index (χ3n) is 8.53. The van der Waals surface area contributed by atoms with E-state index in [1.807, 2.05) is 0 Å². The molecule has 1 amide bonds. The van der Waals surface area contributed by atoms with Crippen molar-refractivity contribution in [2.24, 2.45) is 5.41 Å². The molecule has 3 aliphatic heterocycles. The van der Waals surface area contributed by atoms with Crippen LogP contribution >= 0.6 is 0 Å². The van der Waals surface area contributed by atoms with Crippen molar-refractivity contribution in [3.63, 3.8) is 0 Å². The van der Waals surface area contributed by atoms with Gasteiger partial charge in [-0.1, -0.05) is 0 Å². The minimum absolute atomic E-state index is 0.134. The molecule has 40 heavy (non-hydrogen) atoms. The van der Waals surface area contributed by atoms with E-state index in [1.54, 1.807) is 36.1 Å². The van der Waals surface area contributed by atoms with Gasteiger partial charge in [0.1, 0.15) is 11.1 Å². The second-order valence-corrected chi connectivity index (χ2v) is 13.5. The number of carbonyl (C=O) groups is 1. The Morgan fingerprint density at radius 2 is 1.65 bits per heavy atom. The van der Waals surface area contributed by atoms with E-state index < -0.39 is 27.1 Å². The first-order valence-electron chi connectivity index (χ1n) is 13.8. The molecule has 0 bridgehead atoms. The van der Waals surface area contributed by atoms with Crippen molar-refractivity contribution in [2.45, 2.75) is 56.6 Å². The van der Waals surface area contributed by atoms with Gasteiger partial charge in [-0.25, -0.2) is 22.2 Å². The predicted molar refractivity (Wildman–Crippen MR) is 148 cm³/mol. The average molecular weight is 577 g/mol. The number of carbonyl (C=O) groups excluding carboxylic acids is 1. The van der Waals surface area contributed by atoms with Gasteiger partial charge in [0.05, 0.1) is 30.2 Å². The number of hydrogen-bond acceptors (Lipinski definition) is 8. The van der Waals surface area contributed by atoms with Crippen LogP contribution in [0.3, 0.4) is 0 Å². The molecule has 0 atom stereocenters. The second kappa shape index (κ2) is 10.1. The first-order valence-corrected chi connectivity index (χ1v) is 15.3. The third-order valence-corrected chi connectivity index (χ3v) is 10.2. The highest BCUT2D eigenvalue weighted by Gasteiger charge is 2.45. The molecule has 2 N–H and O–H groups in total. The fraction of sp³-hybridized carbons (Fsp3) is 0.593. The van der Waals surface area contributed by atoms with E-state index in [1.165, 1.54) is 12.8 Å². The molecule has 0 radical (unpaired) electrons. The van der Waals surface area contributed by atoms with Crippen molar-refractivity contribution < 1.29 is 26.7 Å². The number of amides is 1. The maximum atomic E-state index is 13.7. The normalized spacial score (nSPS) is 22.1. The number of nitrogens with zero attached hydrogens (tertiary/aromatic N) is 4. The van der Waals surface area contributed by atoms with Crippen molar-refractivity contribution in [3.05, 3.63) is 35.5 Å². The van der Waals surface area contributed by atoms with E-state index in [0.29, 0.717) is 34.0 Å². The van der Waals surface area contributed by atoms with Gasteiger partial charge in [0, 0.05) is 50.8 Å². The van der Waals surface area contributed by atoms with Crippen LogP contribution in [-0.2, 0) is 14.8 Å². The van der Waals surface area contributed by atoms with Crippen molar-refractivity contribution in [3.8, 4) is 0 Å². The zero-order valence-corrected chi connectivity index (χ0v) is 23.3. The van der Waals surface area contributed by atoms with Crippen LogP contribution in [0.25, 0.3) is 0 Å². The molecule has 3 saturated heterocycles. The standard InChI is InChI=1S/C27H34F2N6O4S/c1-18-14-23(32-25(30-18)35-12-8-27(28,29)9-13-35)31-24(36)21-3-2-19(33-40(37,38)20-16-39-17-20)15-22(21)34-10-6-26(4-5-26)7-11-34/h2-3,14-15,20,33H,4-13,16-17H2,1H3,(H,30,31,32,36). The first kappa shape index (κ1) is 27.1. The summed E-state index contributed by atoms with van der Waals surface area (Å²) in [4.78, 5) is 26.3. The molecule has 1 aromatic heterocycles. The van der Waals surface area contributed by atoms with Crippen molar-refractivity contribution in [1.29, 1.82) is 0 Å². The highest BCUT2D eigenvalue weighted by atomic mass is 32.2. The predicted octanol–water partition coefficient (Wildman–Crippen LogP) is 3.79. The number of hydrogen-bond donors (Lipinski definition) is 2. The van der Waals surface area contributed by atoms with E-state index in [2.05, 4.69) is 24.9 Å². The smallest absolute Gasteiger partial charge is 0.258 e. The average Bonchev–Trinajstić information content (AvgIpc) is 3.61. The minimum Gasteiger partial charge on any atom is -0.378 e. The van der Waals surface area contributed by atoms with Gasteiger partial charge >= 0.3 is 0 Å². The van der Waals surface area contributed by atoms with Crippen molar-refractivity contribution >= 4 is 39.1 Å². The van der Waals surface area contributed by atoms with E-state index in [-0.39, 0.29) is 45.0 Å². The summed E-state index contributed by atoms with van der Waals surface area (Å²) in [6.45, 7) is 3.92. The molecular weight excluding hydrogens is 542 g/mol. The molecule has 4 heterocycles. The Bertz CT molecular complexity index is 1390. The van der Waals surface area contributed by atoms with Gasteiger partial charge in [-0.2, -0.15) is 4.98 Å². The van der Waals surface area contributed by atoms with E-state index in [9.17, 15) is 22.0 Å². The second-order valence-electron chi connectivity index (χ2n) is 11.5. The summed E-state index contributed by atoms with van der Waals surface area (Å²) in [6, 6.07) is 6.58. The Labute approximate surface area is 232 Å². The molecule has 4 aliphatic rings. The number of ether oxygens (including phenoxy) is 1. The van der Waals surface area contributed by atoms with Gasteiger partial charge in [0.2, 0.25) is 16.0 Å². The third kappa shape index (κ3) is 5.71. The van der Waals surface area contributed by atoms with Gasteiger partial charge in [-0.05, 0) is 56.2 Å². The van der Waals surface area contributed by atoms with Crippen LogP contribution in [0.1, 0.15) is 54.6 Å². The molecule has 4 fully saturated rings. The number of alkyl halides is 2. The zero-order valence-electron chi connectivity index (χ0n) is 22.5. The number of aryl methyl sites for hydroxylation is 1. The van der Waals surface area contributed by atoms with Gasteiger partial charge in [0.15, 0.2) is 0 Å². The lowest BCUT2D eigenvalue weighted by atomic mass is 9.93. The maximum absolute atomic E-state index is 13.7. The van der Waals surface area contributed by atoms with E-state index in [4.69, 9.17) is 4.74 Å². The molecule has 10 nitrogen and oxygen atoms in total. The quantitative estimate of drug-likeness (QED) is 0.512. The number of aromatic nitrogens is 2. The van der Waals surface area contributed by atoms with Crippen LogP contribution in [0.4, 0.5) is 31.9 Å². The molecule has 1 aliphatic carbocycles. The van der Waals surface area contributed by atoms with Gasteiger partial charge in [-0.3, -0.25) is 9.52 Å². The van der Waals surface area contributed by atoms with Crippen LogP contribution in [-0.4, -0.2) is 74.9 Å². The molecular formula is C27H34F2N6O4S. The summed E-state index contributed by atoms with van der Waals surface area (Å²) in [5, 5.41) is 2.27. The lowest BCUT2D eigenvalue weighted by molar-refractivity contribution is -0.0222. The van der Waals surface area contributed by atoms with Crippen LogP contribution in [0.2, 0.25) is 0 Å². The Morgan fingerprint density at radius 1 is 0.975 bits per heavy atom. The highest BCUT2D eigenvalue weighted by molar-refractivity contribution is 7.93. The Balaban J connectivity index is 1.24. The van der Waals surface area contributed by atoms with Crippen LogP contribution in [0.5, 0.6) is 0 Å². The number of rotatable bonds is 7. The van der Waals surface area contributed by atoms with Crippen molar-refractivity contribution in [2.75, 3.05) is 59.2 Å². The summed E-state index contributed by atoms with van der Waals surface area (Å²) in [7, 11) is -3.60. The number of anilines is 4. The Kier molecular flexibility index (Phi) is 6.84. The lowest BCUT2D eigenvalue weighted by Crippen LogP contribution is -2.43. The molecule has 13 heteroatoms. The molecule has 1 aromatic carbocycles. The summed E-state index contributed by atoms with van der Waals surface area (Å²) in [6.07, 6.45) is 4.01. The molecule has 1 spiro atoms. The molecule has 2 aromatic rings. The van der Waals surface area contributed by atoms with Crippen molar-refractivity contribution in [1.82, 2.24) is 9.97 Å². The SMILES string of the molecule is Cc1cc(NC(=O)c2ccc(NS(=O)(=O)C3COC3)cc2N2CCC3(CC2)CC3)nc(N2CCC(F)(F)CC2)n1. The minimum atomic E-state index is -3.60. The van der Waals surface area contributed by atoms with E-state index in [0.717, 1.165) is 25.9 Å². The highest BCUT2D eigenvalue weighted by Crippen LogP contribution is 2.54. The number of sulfonamides is 1. The van der Waals surface area contributed by atoms with Crippen LogP contribution < -0.4 is 19.8 Å². The number of piperidine rings is 2. The Morgan fingerprint density at radius 3 is 2.27 bits per heavy atom. The molecule has 1 saturated carbocycles. The van der Waals surface area contributed by atoms with E-state index >= 15 is 0 Å². The number of nitrogens with one attached hydrogen (secondary N) is 2. The first-order chi connectivity index (χ1) is 19.0. The molecule has 0 unspecified atom stereocenters. The van der Waals surface area contributed by atoms with Gasteiger partial charge < -0.3 is 19.9 Å². The van der Waals surface area contributed by atoms with Crippen LogP contribution in [0.15, 0.2) is 24.3 Å². The number of halogens is 2. The topological polar surface area (TPSA) is 117 Å². The summed E-state index contributed by atoms with van der Waals surface area (Å²) in [5.74, 6) is -2.49. The maximum Gasteiger partial charge on any atom is 0.258 e. The summed E-state index contributed by atoms with van der Waals surface area (Å²) in [5.41, 5.74) is 2.48. The molecule has 6 rings (SSSR count). The largest absolute Gasteiger partial charge is 0.378 e. The molecule has 216 valence electrons. The summed E-state index contributed by atoms with van der Waals surface area (Å²) < 4.78 is 60.4. The monoisotopic (exact) mass is 576 g/mol. The summed E-state index contributed by atoms with van der Waals surface area (Å²) >= 11 is 0. The van der Waals surface area contributed by atoms with Gasteiger partial charge in [-0.15, -0.1) is 0 Å². The Hall–Kier alpha value is -3.06. The number of benzene rings is 1. The van der Waals surface area contributed by atoms with Crippen LogP contribution in [0, 0.1) is 12.3 Å². The zero-order chi connectivity index (χ0) is 28.1. The fourth-order valence-corrected chi connectivity index (χ4v) is 6.74. The fourth-order valence-electron chi connectivity index (χ4n) is 5.56.